The molecule has 28 heavy (non-hydrogen) atoms. The number of piperidine rings is 2. The Hall–Kier alpha value is -2.69. The van der Waals surface area contributed by atoms with Gasteiger partial charge in [-0.3, -0.25) is 14.6 Å². The average molecular weight is 377 g/mol. The molecule has 2 fully saturated rings. The lowest BCUT2D eigenvalue weighted by atomic mass is 9.67. The van der Waals surface area contributed by atoms with Crippen LogP contribution in [0.2, 0.25) is 0 Å². The fourth-order valence-electron chi connectivity index (χ4n) is 4.78. The third-order valence-corrected chi connectivity index (χ3v) is 6.47. The molecule has 146 valence electrons. The van der Waals surface area contributed by atoms with Gasteiger partial charge in [-0.15, -0.1) is 0 Å². The maximum atomic E-state index is 12.9. The van der Waals surface area contributed by atoms with Gasteiger partial charge in [0.25, 0.3) is 5.91 Å². The molecular weight excluding hydrogens is 350 g/mol. The van der Waals surface area contributed by atoms with Crippen LogP contribution in [0.25, 0.3) is 0 Å². The van der Waals surface area contributed by atoms with Crippen molar-refractivity contribution in [2.45, 2.75) is 32.1 Å². The number of benzene rings is 1. The van der Waals surface area contributed by atoms with E-state index < -0.39 is 0 Å². The molecule has 0 aliphatic carbocycles. The minimum absolute atomic E-state index is 0.0697. The molecule has 2 aliphatic rings. The number of rotatable bonds is 2. The van der Waals surface area contributed by atoms with E-state index in [1.807, 2.05) is 48.0 Å². The van der Waals surface area contributed by atoms with E-state index in [2.05, 4.69) is 17.1 Å². The van der Waals surface area contributed by atoms with Crippen LogP contribution in [0.5, 0.6) is 0 Å². The summed E-state index contributed by atoms with van der Waals surface area (Å²) in [6.07, 6.45) is 6.11. The summed E-state index contributed by atoms with van der Waals surface area (Å²) in [6.45, 7) is 4.20. The van der Waals surface area contributed by atoms with Crippen LogP contribution in [0.3, 0.4) is 0 Å². The van der Waals surface area contributed by atoms with Gasteiger partial charge in [-0.1, -0.05) is 30.3 Å². The highest BCUT2D eigenvalue weighted by Gasteiger charge is 2.45. The Morgan fingerprint density at radius 1 is 1.14 bits per heavy atom. The predicted molar refractivity (Wildman–Crippen MR) is 108 cm³/mol. The number of hydrogen-bond acceptors (Lipinski definition) is 3. The van der Waals surface area contributed by atoms with Crippen LogP contribution in [-0.2, 0) is 4.79 Å². The minimum atomic E-state index is -0.0808. The molecule has 2 amide bonds. The van der Waals surface area contributed by atoms with Gasteiger partial charge in [-0.05, 0) is 48.8 Å². The van der Waals surface area contributed by atoms with Gasteiger partial charge in [0.15, 0.2) is 0 Å². The summed E-state index contributed by atoms with van der Waals surface area (Å²) in [7, 11) is 1.91. The normalized spacial score (nSPS) is 21.8. The van der Waals surface area contributed by atoms with Crippen LogP contribution < -0.4 is 0 Å². The Morgan fingerprint density at radius 2 is 1.86 bits per heavy atom. The predicted octanol–water partition coefficient (Wildman–Crippen LogP) is 3.26. The van der Waals surface area contributed by atoms with Crippen LogP contribution in [0.15, 0.2) is 48.8 Å². The van der Waals surface area contributed by atoms with Crippen LogP contribution >= 0.6 is 0 Å². The van der Waals surface area contributed by atoms with Crippen molar-refractivity contribution in [3.63, 3.8) is 0 Å². The zero-order valence-corrected chi connectivity index (χ0v) is 16.6. The number of nitrogens with zero attached hydrogens (tertiary/aromatic N) is 3. The highest BCUT2D eigenvalue weighted by molar-refractivity contribution is 5.95. The summed E-state index contributed by atoms with van der Waals surface area (Å²) in [5, 5.41) is 0. The number of amides is 2. The first kappa shape index (κ1) is 18.7. The average Bonchev–Trinajstić information content (AvgIpc) is 2.72. The summed E-state index contributed by atoms with van der Waals surface area (Å²) < 4.78 is 0. The third-order valence-electron chi connectivity index (χ3n) is 6.47. The molecule has 1 aromatic heterocycles. The summed E-state index contributed by atoms with van der Waals surface area (Å²) in [4.78, 5) is 33.7. The molecule has 1 atom stereocenters. The molecule has 0 radical (unpaired) electrons. The maximum absolute atomic E-state index is 12.9. The van der Waals surface area contributed by atoms with E-state index in [1.165, 1.54) is 0 Å². The molecule has 1 aromatic carbocycles. The molecule has 1 spiro atoms. The van der Waals surface area contributed by atoms with E-state index in [1.54, 1.807) is 12.4 Å². The van der Waals surface area contributed by atoms with E-state index in [9.17, 15) is 9.59 Å². The zero-order chi connectivity index (χ0) is 19.7. The minimum Gasteiger partial charge on any atom is -0.345 e. The Morgan fingerprint density at radius 3 is 2.54 bits per heavy atom. The molecular formula is C23H27N3O2. The van der Waals surface area contributed by atoms with E-state index in [0.29, 0.717) is 5.56 Å². The van der Waals surface area contributed by atoms with Crippen LogP contribution in [0.1, 0.15) is 46.7 Å². The highest BCUT2D eigenvalue weighted by Crippen LogP contribution is 2.45. The molecule has 2 saturated heterocycles. The first-order chi connectivity index (χ1) is 13.5. The van der Waals surface area contributed by atoms with Crippen molar-refractivity contribution in [1.82, 2.24) is 14.8 Å². The number of likely N-dealkylation sites (tertiary alicyclic amines) is 2. The lowest BCUT2D eigenvalue weighted by Gasteiger charge is -2.49. The lowest BCUT2D eigenvalue weighted by molar-refractivity contribution is -0.139. The number of pyridine rings is 1. The van der Waals surface area contributed by atoms with Gasteiger partial charge in [0.05, 0.1) is 11.5 Å². The second-order valence-corrected chi connectivity index (χ2v) is 8.34. The molecule has 0 saturated carbocycles. The van der Waals surface area contributed by atoms with Gasteiger partial charge in [-0.2, -0.15) is 0 Å². The van der Waals surface area contributed by atoms with Crippen molar-refractivity contribution in [2.75, 3.05) is 26.7 Å². The smallest absolute Gasteiger partial charge is 0.255 e. The van der Waals surface area contributed by atoms with Gasteiger partial charge >= 0.3 is 0 Å². The Bertz CT molecular complexity index is 872. The Kier molecular flexibility index (Phi) is 4.92. The van der Waals surface area contributed by atoms with Crippen molar-refractivity contribution >= 4 is 11.8 Å². The van der Waals surface area contributed by atoms with Gasteiger partial charge in [0.1, 0.15) is 0 Å². The second kappa shape index (κ2) is 7.38. The van der Waals surface area contributed by atoms with Crippen molar-refractivity contribution < 1.29 is 9.59 Å². The largest absolute Gasteiger partial charge is 0.345 e. The summed E-state index contributed by atoms with van der Waals surface area (Å²) >= 11 is 0. The van der Waals surface area contributed by atoms with Crippen LogP contribution in [0.4, 0.5) is 0 Å². The van der Waals surface area contributed by atoms with Crippen molar-refractivity contribution in [2.24, 2.45) is 5.41 Å². The lowest BCUT2D eigenvalue weighted by Crippen LogP contribution is -2.53. The Labute approximate surface area is 166 Å². The van der Waals surface area contributed by atoms with Crippen LogP contribution in [0, 0.1) is 12.3 Å². The zero-order valence-electron chi connectivity index (χ0n) is 16.6. The summed E-state index contributed by atoms with van der Waals surface area (Å²) in [5.41, 5.74) is 2.84. The monoisotopic (exact) mass is 377 g/mol. The SMILES string of the molecule is Cc1ccncc1C(=O)N1CCC2(CC1)C[C@@H](c1ccccc1)C(=O)N(C)C2. The van der Waals surface area contributed by atoms with Gasteiger partial charge in [-0.25, -0.2) is 0 Å². The highest BCUT2D eigenvalue weighted by atomic mass is 16.2. The van der Waals surface area contributed by atoms with Crippen LogP contribution in [-0.4, -0.2) is 53.3 Å². The van der Waals surface area contributed by atoms with Gasteiger partial charge < -0.3 is 9.80 Å². The molecule has 0 N–H and O–H groups in total. The summed E-state index contributed by atoms with van der Waals surface area (Å²) in [5.74, 6) is 0.199. The molecule has 2 aromatic rings. The number of aryl methyl sites for hydroxylation is 1. The van der Waals surface area contributed by atoms with Gasteiger partial charge in [0, 0.05) is 39.1 Å². The topological polar surface area (TPSA) is 53.5 Å². The van der Waals surface area contributed by atoms with E-state index in [-0.39, 0.29) is 23.1 Å². The number of hydrogen-bond donors (Lipinski definition) is 0. The molecule has 3 heterocycles. The number of carbonyl (C=O) groups is 2. The number of likely N-dealkylation sites (N-methyl/N-ethyl adjacent to an activating group) is 1. The number of aromatic nitrogens is 1. The van der Waals surface area contributed by atoms with Crippen molar-refractivity contribution in [3.8, 4) is 0 Å². The Balaban J connectivity index is 1.49. The standard InChI is InChI=1S/C23H27N3O2/c1-17-8-11-24-15-20(17)22(28)26-12-9-23(10-13-26)14-19(21(27)25(2)16-23)18-6-4-3-5-7-18/h3-8,11,15,19H,9-10,12-14,16H2,1-2H3/t19-/m0/s1. The summed E-state index contributed by atoms with van der Waals surface area (Å²) in [6, 6.07) is 12.0. The second-order valence-electron chi connectivity index (χ2n) is 8.34. The molecule has 0 unspecified atom stereocenters. The fourth-order valence-corrected chi connectivity index (χ4v) is 4.78. The molecule has 5 heteroatoms. The van der Waals surface area contributed by atoms with E-state index in [0.717, 1.165) is 50.0 Å². The molecule has 5 nitrogen and oxygen atoms in total. The molecule has 2 aliphatic heterocycles. The maximum Gasteiger partial charge on any atom is 0.255 e. The third kappa shape index (κ3) is 3.41. The number of carbonyl (C=O) groups excluding carboxylic acids is 2. The molecule has 0 bridgehead atoms. The fraction of sp³-hybridized carbons (Fsp3) is 0.435. The van der Waals surface area contributed by atoms with Crippen molar-refractivity contribution in [3.05, 3.63) is 65.5 Å². The first-order valence-corrected chi connectivity index (χ1v) is 9.99. The molecule has 4 rings (SSSR count). The van der Waals surface area contributed by atoms with Crippen molar-refractivity contribution in [1.29, 1.82) is 0 Å². The first-order valence-electron chi connectivity index (χ1n) is 9.99. The quantitative estimate of drug-likeness (QED) is 0.807. The van der Waals surface area contributed by atoms with Gasteiger partial charge in [0.2, 0.25) is 5.91 Å². The van der Waals surface area contributed by atoms with E-state index >= 15 is 0 Å². The van der Waals surface area contributed by atoms with E-state index in [4.69, 9.17) is 0 Å².